The maximum Gasteiger partial charge on any atom is 0.296 e. The van der Waals surface area contributed by atoms with Gasteiger partial charge in [-0.05, 0) is 59.5 Å². The van der Waals surface area contributed by atoms with E-state index in [-0.39, 0.29) is 34.9 Å². The fourth-order valence-electron chi connectivity index (χ4n) is 6.04. The third-order valence-corrected chi connectivity index (χ3v) is 8.90. The molecule has 2 aliphatic rings. The number of benzene rings is 3. The summed E-state index contributed by atoms with van der Waals surface area (Å²) in [7, 11) is -2.31. The van der Waals surface area contributed by atoms with Crippen molar-refractivity contribution in [2.75, 3.05) is 46.7 Å². The van der Waals surface area contributed by atoms with Crippen molar-refractivity contribution in [3.05, 3.63) is 71.9 Å². The largest absolute Gasteiger partial charge is 0.492 e. The number of fused-ring (bicyclic) bond motifs is 3. The molecule has 0 saturated carbocycles. The van der Waals surface area contributed by atoms with Crippen LogP contribution in [0, 0.1) is 0 Å². The van der Waals surface area contributed by atoms with E-state index in [1.807, 2.05) is 32.9 Å². The Morgan fingerprint density at radius 3 is 2.30 bits per heavy atom. The number of ketones is 1. The molecule has 47 heavy (non-hydrogen) atoms. The molecular formula is C34H38N6O6S. The zero-order valence-electron chi connectivity index (χ0n) is 27.0. The number of anilines is 5. The van der Waals surface area contributed by atoms with Gasteiger partial charge in [0.05, 0.1) is 36.9 Å². The summed E-state index contributed by atoms with van der Waals surface area (Å²) in [6, 6.07) is 15.8. The summed E-state index contributed by atoms with van der Waals surface area (Å²) < 4.78 is 38.1. The monoisotopic (exact) mass is 658 g/mol. The highest BCUT2D eigenvalue weighted by Crippen LogP contribution is 2.39. The standard InChI is InChI=1S/C34H38N6O6S/c1-34(2,3)20-16-27(31(45-4)28(17-20)39-47(5,43)44)37-32(42)30(41)25-12-13-26(24-9-7-6-8-23(24)25)36-29-14-15-35-33(38-29)40-18-21-10-11-22(19-40)46-21/h6-9,12-17,21-22,39H,10-11,18-19H2,1-5H3,(H,37,42)(H,35,36,38). The van der Waals surface area contributed by atoms with Crippen LogP contribution in [0.15, 0.2) is 60.8 Å². The van der Waals surface area contributed by atoms with Crippen LogP contribution in [0.5, 0.6) is 5.75 Å². The number of hydrogen-bond acceptors (Lipinski definition) is 10. The first-order chi connectivity index (χ1) is 22.3. The lowest BCUT2D eigenvalue weighted by molar-refractivity contribution is -0.112. The van der Waals surface area contributed by atoms with Crippen molar-refractivity contribution in [3.63, 3.8) is 0 Å². The number of rotatable bonds is 9. The number of ether oxygens (including phenoxy) is 2. The summed E-state index contributed by atoms with van der Waals surface area (Å²) >= 11 is 0. The molecule has 2 bridgehead atoms. The van der Waals surface area contributed by atoms with Crippen molar-refractivity contribution in [2.45, 2.75) is 51.2 Å². The van der Waals surface area contributed by atoms with E-state index in [1.54, 1.807) is 48.7 Å². The summed E-state index contributed by atoms with van der Waals surface area (Å²) in [6.07, 6.45) is 5.24. The van der Waals surface area contributed by atoms with Gasteiger partial charge >= 0.3 is 0 Å². The Bertz CT molecular complexity index is 1960. The van der Waals surface area contributed by atoms with Gasteiger partial charge in [-0.1, -0.05) is 45.0 Å². The number of amides is 1. The molecule has 3 N–H and O–H groups in total. The van der Waals surface area contributed by atoms with Gasteiger partial charge in [-0.2, -0.15) is 4.98 Å². The van der Waals surface area contributed by atoms with E-state index < -0.39 is 27.1 Å². The molecule has 2 saturated heterocycles. The molecule has 0 spiro atoms. The molecule has 3 aromatic carbocycles. The molecule has 2 atom stereocenters. The molecule has 4 aromatic rings. The van der Waals surface area contributed by atoms with Crippen molar-refractivity contribution in [1.29, 1.82) is 0 Å². The van der Waals surface area contributed by atoms with Crippen molar-refractivity contribution in [1.82, 2.24) is 9.97 Å². The molecule has 2 fully saturated rings. The molecule has 6 rings (SSSR count). The number of nitrogens with zero attached hydrogens (tertiary/aromatic N) is 3. The second kappa shape index (κ2) is 12.5. The Morgan fingerprint density at radius 1 is 0.957 bits per heavy atom. The van der Waals surface area contributed by atoms with Crippen molar-refractivity contribution < 1.29 is 27.5 Å². The van der Waals surface area contributed by atoms with Crippen LogP contribution in [-0.2, 0) is 25.0 Å². The molecule has 0 aliphatic carbocycles. The van der Waals surface area contributed by atoms with E-state index in [9.17, 15) is 18.0 Å². The summed E-state index contributed by atoms with van der Waals surface area (Å²) in [6.45, 7) is 7.36. The third-order valence-electron chi connectivity index (χ3n) is 8.31. The van der Waals surface area contributed by atoms with Crippen LogP contribution < -0.4 is 25.0 Å². The molecule has 2 unspecified atom stereocenters. The van der Waals surface area contributed by atoms with Crippen LogP contribution in [0.4, 0.5) is 28.8 Å². The van der Waals surface area contributed by atoms with Crippen molar-refractivity contribution in [3.8, 4) is 5.75 Å². The first-order valence-electron chi connectivity index (χ1n) is 15.4. The number of methoxy groups -OCH3 is 1. The summed E-state index contributed by atoms with van der Waals surface area (Å²) in [4.78, 5) is 38.6. The minimum Gasteiger partial charge on any atom is -0.492 e. The van der Waals surface area contributed by atoms with Crippen molar-refractivity contribution in [2.24, 2.45) is 0 Å². The number of aromatic nitrogens is 2. The summed E-state index contributed by atoms with van der Waals surface area (Å²) in [5.41, 5.74) is 1.55. The zero-order chi connectivity index (χ0) is 33.5. The maximum absolute atomic E-state index is 13.7. The quantitative estimate of drug-likeness (QED) is 0.161. The van der Waals surface area contributed by atoms with E-state index in [0.717, 1.165) is 43.1 Å². The Morgan fingerprint density at radius 2 is 1.64 bits per heavy atom. The summed E-state index contributed by atoms with van der Waals surface area (Å²) in [5.74, 6) is -0.350. The van der Waals surface area contributed by atoms with Crippen molar-refractivity contribution >= 4 is 61.3 Å². The van der Waals surface area contributed by atoms with Gasteiger partial charge in [0.1, 0.15) is 5.82 Å². The number of sulfonamides is 1. The Balaban J connectivity index is 1.28. The van der Waals surface area contributed by atoms with E-state index >= 15 is 0 Å². The average molecular weight is 659 g/mol. The molecule has 2 aliphatic heterocycles. The number of Topliss-reactive ketones (excluding diaryl/α,β-unsaturated/α-hetero) is 1. The van der Waals surface area contributed by atoms with Crippen LogP contribution in [0.3, 0.4) is 0 Å². The molecular weight excluding hydrogens is 620 g/mol. The molecule has 13 heteroatoms. The smallest absolute Gasteiger partial charge is 0.296 e. The molecule has 0 radical (unpaired) electrons. The fourth-order valence-corrected chi connectivity index (χ4v) is 6.60. The fraction of sp³-hybridized carbons (Fsp3) is 0.353. The van der Waals surface area contributed by atoms with Gasteiger partial charge < -0.3 is 25.0 Å². The van der Waals surface area contributed by atoms with Crippen LogP contribution >= 0.6 is 0 Å². The highest BCUT2D eigenvalue weighted by atomic mass is 32.2. The lowest BCUT2D eigenvalue weighted by Crippen LogP contribution is -2.43. The second-order valence-corrected chi connectivity index (χ2v) is 14.7. The third kappa shape index (κ3) is 7.00. The number of carbonyl (C=O) groups excluding carboxylic acids is 2. The van der Waals surface area contributed by atoms with E-state index in [0.29, 0.717) is 22.8 Å². The first-order valence-corrected chi connectivity index (χ1v) is 17.3. The maximum atomic E-state index is 13.7. The van der Waals surface area contributed by atoms with Crippen LogP contribution in [0.1, 0.15) is 49.5 Å². The molecule has 12 nitrogen and oxygen atoms in total. The van der Waals surface area contributed by atoms with Gasteiger partial charge in [0, 0.05) is 35.9 Å². The Hall–Kier alpha value is -4.75. The predicted octanol–water partition coefficient (Wildman–Crippen LogP) is 5.24. The van der Waals surface area contributed by atoms with Crippen LogP contribution in [0.25, 0.3) is 10.8 Å². The Kier molecular flexibility index (Phi) is 8.53. The normalized spacial score (nSPS) is 17.8. The van der Waals surface area contributed by atoms with E-state index in [2.05, 4.69) is 25.2 Å². The number of carbonyl (C=O) groups is 2. The summed E-state index contributed by atoms with van der Waals surface area (Å²) in [5, 5.41) is 7.34. The number of morpholine rings is 1. The molecule has 1 aromatic heterocycles. The van der Waals surface area contributed by atoms with Gasteiger partial charge in [0.2, 0.25) is 16.0 Å². The second-order valence-electron chi connectivity index (χ2n) is 12.9. The minimum absolute atomic E-state index is 0.0860. The van der Waals surface area contributed by atoms with Gasteiger partial charge in [0.15, 0.2) is 5.75 Å². The molecule has 1 amide bonds. The number of hydrogen-bond donors (Lipinski definition) is 3. The highest BCUT2D eigenvalue weighted by molar-refractivity contribution is 7.92. The lowest BCUT2D eigenvalue weighted by atomic mass is 9.86. The first kappa shape index (κ1) is 32.2. The van der Waals surface area contributed by atoms with E-state index in [4.69, 9.17) is 14.5 Å². The average Bonchev–Trinajstić information content (AvgIpc) is 3.36. The van der Waals surface area contributed by atoms with Gasteiger partial charge in [-0.3, -0.25) is 14.3 Å². The molecule has 3 heterocycles. The predicted molar refractivity (Wildman–Crippen MR) is 182 cm³/mol. The number of nitrogens with one attached hydrogen (secondary N) is 3. The highest BCUT2D eigenvalue weighted by Gasteiger charge is 2.35. The topological polar surface area (TPSA) is 152 Å². The zero-order valence-corrected chi connectivity index (χ0v) is 27.8. The van der Waals surface area contributed by atoms with Gasteiger partial charge in [-0.25, -0.2) is 13.4 Å². The molecule has 246 valence electrons. The lowest BCUT2D eigenvalue weighted by Gasteiger charge is -2.32. The van der Waals surface area contributed by atoms with Crippen LogP contribution in [-0.4, -0.2) is 68.7 Å². The Labute approximate surface area is 273 Å². The van der Waals surface area contributed by atoms with E-state index in [1.165, 1.54) is 7.11 Å². The minimum atomic E-state index is -3.67. The SMILES string of the molecule is COc1c(NC(=O)C(=O)c2ccc(Nc3ccnc(N4CC5CCC(C4)O5)n3)c3ccccc23)cc(C(C)(C)C)cc1NS(C)(=O)=O. The van der Waals surface area contributed by atoms with Gasteiger partial charge in [0.25, 0.3) is 11.7 Å². The van der Waals surface area contributed by atoms with Gasteiger partial charge in [-0.15, -0.1) is 0 Å². The van der Waals surface area contributed by atoms with Crippen LogP contribution in [0.2, 0.25) is 0 Å².